The second-order valence-electron chi connectivity index (χ2n) is 6.25. The summed E-state index contributed by atoms with van der Waals surface area (Å²) in [6, 6.07) is 16.3. The molecule has 2 aromatic carbocycles. The zero-order chi connectivity index (χ0) is 18.3. The smallest absolute Gasteiger partial charge is 0.269 e. The molecule has 7 heteroatoms. The van der Waals surface area contributed by atoms with Gasteiger partial charge in [0.05, 0.1) is 22.2 Å². The molecule has 0 bridgehead atoms. The Bertz CT molecular complexity index is 1140. The molecule has 7 nitrogen and oxygen atoms in total. The van der Waals surface area contributed by atoms with Crippen molar-refractivity contribution in [3.05, 3.63) is 76.0 Å². The van der Waals surface area contributed by atoms with Crippen molar-refractivity contribution in [1.82, 2.24) is 14.6 Å². The third-order valence-electron chi connectivity index (χ3n) is 4.36. The van der Waals surface area contributed by atoms with E-state index in [1.807, 2.05) is 54.8 Å². The van der Waals surface area contributed by atoms with Crippen molar-refractivity contribution in [2.45, 2.75) is 19.9 Å². The molecule has 0 radical (unpaired) electrons. The van der Waals surface area contributed by atoms with Gasteiger partial charge in [-0.1, -0.05) is 24.3 Å². The van der Waals surface area contributed by atoms with Crippen LogP contribution >= 0.6 is 0 Å². The van der Waals surface area contributed by atoms with Crippen molar-refractivity contribution in [2.24, 2.45) is 0 Å². The number of hydrogen-bond donors (Lipinski definition) is 1. The molecule has 0 saturated carbocycles. The Labute approximate surface area is 149 Å². The van der Waals surface area contributed by atoms with E-state index >= 15 is 0 Å². The Hall–Kier alpha value is -3.48. The molecule has 2 aromatic heterocycles. The maximum absolute atomic E-state index is 11.0. The number of aromatic nitrogens is 3. The van der Waals surface area contributed by atoms with E-state index in [9.17, 15) is 10.1 Å². The quantitative estimate of drug-likeness (QED) is 0.440. The number of para-hydroxylation sites is 1. The van der Waals surface area contributed by atoms with Crippen LogP contribution in [0.15, 0.2) is 54.6 Å². The molecule has 0 aliphatic carbocycles. The minimum absolute atomic E-state index is 0.0795. The highest BCUT2D eigenvalue weighted by Gasteiger charge is 2.15. The van der Waals surface area contributed by atoms with Gasteiger partial charge in [-0.3, -0.25) is 10.1 Å². The lowest BCUT2D eigenvalue weighted by Gasteiger charge is -2.17. The van der Waals surface area contributed by atoms with E-state index in [-0.39, 0.29) is 16.7 Å². The Morgan fingerprint density at radius 3 is 2.77 bits per heavy atom. The molecule has 2 heterocycles. The second kappa shape index (κ2) is 6.11. The second-order valence-corrected chi connectivity index (χ2v) is 6.25. The largest absolute Gasteiger partial charge is 0.363 e. The number of anilines is 1. The van der Waals surface area contributed by atoms with Crippen LogP contribution in [0.2, 0.25) is 0 Å². The van der Waals surface area contributed by atoms with Gasteiger partial charge < -0.3 is 5.32 Å². The normalized spacial score (nSPS) is 12.4. The van der Waals surface area contributed by atoms with Gasteiger partial charge in [0.15, 0.2) is 5.65 Å². The average Bonchev–Trinajstić information content (AvgIpc) is 3.02. The number of fused-ring (bicyclic) bond motifs is 3. The molecule has 26 heavy (non-hydrogen) atoms. The van der Waals surface area contributed by atoms with Crippen LogP contribution in [-0.4, -0.2) is 19.5 Å². The highest BCUT2D eigenvalue weighted by Crippen LogP contribution is 2.28. The van der Waals surface area contributed by atoms with Crippen molar-refractivity contribution < 1.29 is 4.92 Å². The van der Waals surface area contributed by atoms with Crippen molar-refractivity contribution in [3.63, 3.8) is 0 Å². The standard InChI is InChI=1S/C19H17N5O2/c1-12-10-18-21-19(16-8-3-4-9-17(16)23(18)22-12)20-13(2)14-6-5-7-15(11-14)24(25)26/h3-11,13H,1-2H3,(H,20,21). The van der Waals surface area contributed by atoms with Crippen LogP contribution in [0, 0.1) is 17.0 Å². The first-order chi connectivity index (χ1) is 12.5. The molecule has 0 aliphatic rings. The summed E-state index contributed by atoms with van der Waals surface area (Å²) < 4.78 is 1.83. The van der Waals surface area contributed by atoms with Crippen LogP contribution in [0.5, 0.6) is 0 Å². The third kappa shape index (κ3) is 2.73. The predicted molar refractivity (Wildman–Crippen MR) is 100 cm³/mol. The van der Waals surface area contributed by atoms with Gasteiger partial charge >= 0.3 is 0 Å². The molecule has 0 saturated heterocycles. The highest BCUT2D eigenvalue weighted by molar-refractivity contribution is 5.91. The number of hydrogen-bond acceptors (Lipinski definition) is 5. The number of benzene rings is 2. The van der Waals surface area contributed by atoms with E-state index in [4.69, 9.17) is 4.98 Å². The lowest BCUT2D eigenvalue weighted by molar-refractivity contribution is -0.384. The summed E-state index contributed by atoms with van der Waals surface area (Å²) in [6.07, 6.45) is 0. The van der Waals surface area contributed by atoms with Crippen LogP contribution in [0.1, 0.15) is 24.2 Å². The van der Waals surface area contributed by atoms with Crippen LogP contribution in [0.3, 0.4) is 0 Å². The summed E-state index contributed by atoms with van der Waals surface area (Å²) in [4.78, 5) is 15.3. The molecule has 1 unspecified atom stereocenters. The molecule has 0 amide bonds. The molecular weight excluding hydrogens is 330 g/mol. The number of rotatable bonds is 4. The summed E-state index contributed by atoms with van der Waals surface area (Å²) in [5.74, 6) is 0.729. The van der Waals surface area contributed by atoms with Crippen LogP contribution in [0.25, 0.3) is 16.6 Å². The van der Waals surface area contributed by atoms with Gasteiger partial charge in [0.1, 0.15) is 5.82 Å². The van der Waals surface area contributed by atoms with Gasteiger partial charge in [-0.05, 0) is 31.5 Å². The highest BCUT2D eigenvalue weighted by atomic mass is 16.6. The van der Waals surface area contributed by atoms with Gasteiger partial charge in [0, 0.05) is 23.6 Å². The van der Waals surface area contributed by atoms with E-state index in [0.29, 0.717) is 0 Å². The number of nitro groups is 1. The maximum atomic E-state index is 11.0. The summed E-state index contributed by atoms with van der Waals surface area (Å²) in [7, 11) is 0. The molecule has 0 fully saturated rings. The topological polar surface area (TPSA) is 85.4 Å². The Kier molecular flexibility index (Phi) is 3.76. The number of non-ortho nitro benzene ring substituents is 1. The zero-order valence-electron chi connectivity index (χ0n) is 14.4. The fraction of sp³-hybridized carbons (Fsp3) is 0.158. The third-order valence-corrected chi connectivity index (χ3v) is 4.36. The Morgan fingerprint density at radius 2 is 1.96 bits per heavy atom. The van der Waals surface area contributed by atoms with E-state index < -0.39 is 0 Å². The Morgan fingerprint density at radius 1 is 1.15 bits per heavy atom. The van der Waals surface area contributed by atoms with Gasteiger partial charge in [-0.25, -0.2) is 9.50 Å². The minimum Gasteiger partial charge on any atom is -0.363 e. The molecule has 0 aliphatic heterocycles. The SMILES string of the molecule is Cc1cc2nc(NC(C)c3cccc([N+](=O)[O-])c3)c3ccccc3n2n1. The Balaban J connectivity index is 1.78. The lowest BCUT2D eigenvalue weighted by Crippen LogP contribution is -2.10. The molecule has 0 spiro atoms. The van der Waals surface area contributed by atoms with E-state index in [1.54, 1.807) is 12.1 Å². The maximum Gasteiger partial charge on any atom is 0.269 e. The number of nitrogens with one attached hydrogen (secondary N) is 1. The summed E-state index contributed by atoms with van der Waals surface area (Å²) in [6.45, 7) is 3.89. The van der Waals surface area contributed by atoms with E-state index in [1.165, 1.54) is 6.07 Å². The number of nitrogens with zero attached hydrogens (tertiary/aromatic N) is 4. The van der Waals surface area contributed by atoms with Crippen LogP contribution in [-0.2, 0) is 0 Å². The lowest BCUT2D eigenvalue weighted by atomic mass is 10.1. The van der Waals surface area contributed by atoms with Gasteiger partial charge in [0.2, 0.25) is 0 Å². The van der Waals surface area contributed by atoms with Crippen molar-refractivity contribution in [1.29, 1.82) is 0 Å². The monoisotopic (exact) mass is 347 g/mol. The van der Waals surface area contributed by atoms with E-state index in [2.05, 4.69) is 10.4 Å². The van der Waals surface area contributed by atoms with Crippen LogP contribution < -0.4 is 5.32 Å². The summed E-state index contributed by atoms with van der Waals surface area (Å²) in [5.41, 5.74) is 3.52. The fourth-order valence-corrected chi connectivity index (χ4v) is 3.08. The predicted octanol–water partition coefficient (Wildman–Crippen LogP) is 4.27. The first-order valence-electron chi connectivity index (χ1n) is 8.29. The van der Waals surface area contributed by atoms with Crippen molar-refractivity contribution in [3.8, 4) is 0 Å². The molecule has 1 N–H and O–H groups in total. The molecule has 4 rings (SSSR count). The van der Waals surface area contributed by atoms with Crippen LogP contribution in [0.4, 0.5) is 11.5 Å². The summed E-state index contributed by atoms with van der Waals surface area (Å²) in [5, 5.41) is 19.9. The molecular formula is C19H17N5O2. The van der Waals surface area contributed by atoms with Crippen molar-refractivity contribution in [2.75, 3.05) is 5.32 Å². The molecule has 130 valence electrons. The minimum atomic E-state index is -0.384. The van der Waals surface area contributed by atoms with Gasteiger partial charge in [-0.2, -0.15) is 5.10 Å². The number of nitro benzene ring substituents is 1. The molecule has 1 atom stereocenters. The number of aryl methyl sites for hydroxylation is 1. The van der Waals surface area contributed by atoms with Gasteiger partial charge in [0.25, 0.3) is 5.69 Å². The zero-order valence-corrected chi connectivity index (χ0v) is 14.4. The summed E-state index contributed by atoms with van der Waals surface area (Å²) >= 11 is 0. The van der Waals surface area contributed by atoms with E-state index in [0.717, 1.165) is 33.6 Å². The average molecular weight is 347 g/mol. The first-order valence-corrected chi connectivity index (χ1v) is 8.29. The van der Waals surface area contributed by atoms with Crippen molar-refractivity contribution >= 4 is 28.1 Å². The van der Waals surface area contributed by atoms with Gasteiger partial charge in [-0.15, -0.1) is 0 Å². The molecule has 4 aromatic rings. The first kappa shape index (κ1) is 16.0. The fourth-order valence-electron chi connectivity index (χ4n) is 3.08.